The molecule has 2 aromatic carbocycles. The van der Waals surface area contributed by atoms with Crippen molar-refractivity contribution in [3.63, 3.8) is 0 Å². The van der Waals surface area contributed by atoms with Crippen molar-refractivity contribution in [3.8, 4) is 11.5 Å². The highest BCUT2D eigenvalue weighted by Crippen LogP contribution is 2.34. The fourth-order valence-electron chi connectivity index (χ4n) is 2.19. The molecule has 1 aliphatic rings. The lowest BCUT2D eigenvalue weighted by Crippen LogP contribution is -2.41. The molecule has 0 saturated heterocycles. The average molecular weight is 427 g/mol. The molecule has 0 bridgehead atoms. The van der Waals surface area contributed by atoms with Gasteiger partial charge in [-0.1, -0.05) is 15.9 Å². The maximum Gasteiger partial charge on any atom is 0.242 e. The third kappa shape index (κ3) is 4.12. The van der Waals surface area contributed by atoms with E-state index in [1.807, 2.05) is 0 Å². The fourth-order valence-corrected chi connectivity index (χ4v) is 3.66. The van der Waals surface area contributed by atoms with Crippen LogP contribution in [0, 0.1) is 0 Å². The van der Waals surface area contributed by atoms with E-state index in [0.717, 1.165) is 4.47 Å². The van der Waals surface area contributed by atoms with Gasteiger partial charge in [0.15, 0.2) is 11.5 Å². The molecule has 1 atom stereocenters. The summed E-state index contributed by atoms with van der Waals surface area (Å²) in [4.78, 5) is 12.3. The van der Waals surface area contributed by atoms with Gasteiger partial charge in [0, 0.05) is 16.2 Å². The van der Waals surface area contributed by atoms with Crippen molar-refractivity contribution in [2.45, 2.75) is 17.9 Å². The Hall–Kier alpha value is -2.10. The van der Waals surface area contributed by atoms with Crippen LogP contribution in [0.1, 0.15) is 6.92 Å². The van der Waals surface area contributed by atoms with Crippen LogP contribution in [0.15, 0.2) is 51.8 Å². The molecule has 1 heterocycles. The third-order valence-electron chi connectivity index (χ3n) is 3.49. The molecule has 0 spiro atoms. The number of halogens is 1. The first-order valence-corrected chi connectivity index (χ1v) is 9.61. The molecule has 0 aromatic heterocycles. The van der Waals surface area contributed by atoms with Crippen LogP contribution in [-0.4, -0.2) is 27.2 Å². The van der Waals surface area contributed by atoms with Gasteiger partial charge in [0.05, 0.1) is 10.9 Å². The van der Waals surface area contributed by atoms with Gasteiger partial charge in [0.2, 0.25) is 22.7 Å². The highest BCUT2D eigenvalue weighted by molar-refractivity contribution is 9.10. The number of fused-ring (bicyclic) bond motifs is 1. The van der Waals surface area contributed by atoms with Gasteiger partial charge in [-0.15, -0.1) is 0 Å². The molecule has 0 unspecified atom stereocenters. The molecule has 1 aliphatic heterocycles. The molecule has 1 amide bonds. The van der Waals surface area contributed by atoms with Crippen molar-refractivity contribution in [1.82, 2.24) is 4.72 Å². The smallest absolute Gasteiger partial charge is 0.242 e. The van der Waals surface area contributed by atoms with Crippen molar-refractivity contribution in [1.29, 1.82) is 0 Å². The number of rotatable bonds is 5. The number of hydrogen-bond acceptors (Lipinski definition) is 5. The van der Waals surface area contributed by atoms with E-state index in [9.17, 15) is 13.2 Å². The Morgan fingerprint density at radius 2 is 1.80 bits per heavy atom. The van der Waals surface area contributed by atoms with Crippen LogP contribution in [0.25, 0.3) is 0 Å². The van der Waals surface area contributed by atoms with Gasteiger partial charge in [0.1, 0.15) is 0 Å². The molecule has 25 heavy (non-hydrogen) atoms. The van der Waals surface area contributed by atoms with Gasteiger partial charge in [-0.2, -0.15) is 4.72 Å². The van der Waals surface area contributed by atoms with Gasteiger partial charge in [-0.3, -0.25) is 4.79 Å². The van der Waals surface area contributed by atoms with E-state index in [0.29, 0.717) is 17.2 Å². The Balaban J connectivity index is 1.67. The van der Waals surface area contributed by atoms with Crippen LogP contribution in [0.5, 0.6) is 11.5 Å². The Bertz CT molecular complexity index is 899. The Morgan fingerprint density at radius 3 is 2.52 bits per heavy atom. The van der Waals surface area contributed by atoms with Crippen LogP contribution >= 0.6 is 15.9 Å². The molecule has 7 nitrogen and oxygen atoms in total. The second-order valence-corrected chi connectivity index (χ2v) is 7.98. The number of sulfonamides is 1. The summed E-state index contributed by atoms with van der Waals surface area (Å²) in [7, 11) is -3.80. The third-order valence-corrected chi connectivity index (χ3v) is 5.57. The van der Waals surface area contributed by atoms with Gasteiger partial charge < -0.3 is 14.8 Å². The molecular weight excluding hydrogens is 412 g/mol. The zero-order valence-electron chi connectivity index (χ0n) is 13.2. The molecule has 0 radical (unpaired) electrons. The number of anilines is 1. The monoisotopic (exact) mass is 426 g/mol. The van der Waals surface area contributed by atoms with Crippen LogP contribution in [0.3, 0.4) is 0 Å². The summed E-state index contributed by atoms with van der Waals surface area (Å²) in [5, 5.41) is 2.65. The molecular formula is C16H15BrN2O5S. The summed E-state index contributed by atoms with van der Waals surface area (Å²) in [5.74, 6) is 0.641. The minimum Gasteiger partial charge on any atom is -0.454 e. The first-order chi connectivity index (χ1) is 11.8. The number of amides is 1. The average Bonchev–Trinajstić information content (AvgIpc) is 3.02. The second-order valence-electron chi connectivity index (χ2n) is 5.35. The molecule has 0 saturated carbocycles. The van der Waals surface area contributed by atoms with Gasteiger partial charge in [-0.05, 0) is 43.3 Å². The van der Waals surface area contributed by atoms with Crippen molar-refractivity contribution in [3.05, 3.63) is 46.9 Å². The number of hydrogen-bond donors (Lipinski definition) is 2. The summed E-state index contributed by atoms with van der Waals surface area (Å²) in [5.41, 5.74) is 0.490. The topological polar surface area (TPSA) is 93.7 Å². The predicted molar refractivity (Wildman–Crippen MR) is 95.1 cm³/mol. The number of carbonyl (C=O) groups excluding carboxylic acids is 1. The van der Waals surface area contributed by atoms with Crippen LogP contribution < -0.4 is 19.5 Å². The molecule has 0 aliphatic carbocycles. The van der Waals surface area contributed by atoms with Gasteiger partial charge in [-0.25, -0.2) is 8.42 Å². The van der Waals surface area contributed by atoms with Crippen LogP contribution in [-0.2, 0) is 14.8 Å². The van der Waals surface area contributed by atoms with E-state index in [-0.39, 0.29) is 11.7 Å². The van der Waals surface area contributed by atoms with E-state index in [1.165, 1.54) is 19.1 Å². The molecule has 132 valence electrons. The quantitative estimate of drug-likeness (QED) is 0.765. The number of carbonyl (C=O) groups is 1. The molecule has 2 aromatic rings. The van der Waals surface area contributed by atoms with Crippen molar-refractivity contribution in [2.24, 2.45) is 0 Å². The standard InChI is InChI=1S/C16H15BrN2O5S/c1-10(19-25(21,22)13-5-2-11(17)3-6-13)16(20)18-12-4-7-14-15(8-12)24-9-23-14/h2-8,10,19H,9H2,1H3,(H,18,20)/t10-/m0/s1. The zero-order chi connectivity index (χ0) is 18.0. The van der Waals surface area contributed by atoms with Crippen molar-refractivity contribution < 1.29 is 22.7 Å². The highest BCUT2D eigenvalue weighted by Gasteiger charge is 2.22. The maximum atomic E-state index is 12.3. The summed E-state index contributed by atoms with van der Waals surface area (Å²) in [6.45, 7) is 1.61. The van der Waals surface area contributed by atoms with Crippen molar-refractivity contribution >= 4 is 37.5 Å². The van der Waals surface area contributed by atoms with E-state index < -0.39 is 22.0 Å². The van der Waals surface area contributed by atoms with Gasteiger partial charge in [0.25, 0.3) is 0 Å². The minimum absolute atomic E-state index is 0.0819. The largest absolute Gasteiger partial charge is 0.454 e. The normalized spacial score (nSPS) is 14.2. The Kier molecular flexibility index (Phi) is 4.98. The van der Waals surface area contributed by atoms with Crippen LogP contribution in [0.2, 0.25) is 0 Å². The lowest BCUT2D eigenvalue weighted by molar-refractivity contribution is -0.117. The summed E-state index contributed by atoms with van der Waals surface area (Å²) < 4.78 is 38.2. The lowest BCUT2D eigenvalue weighted by Gasteiger charge is -2.15. The minimum atomic E-state index is -3.80. The Labute approximate surface area is 153 Å². The highest BCUT2D eigenvalue weighted by atomic mass is 79.9. The lowest BCUT2D eigenvalue weighted by atomic mass is 10.2. The van der Waals surface area contributed by atoms with Gasteiger partial charge >= 0.3 is 0 Å². The first-order valence-electron chi connectivity index (χ1n) is 7.33. The fraction of sp³-hybridized carbons (Fsp3) is 0.188. The molecule has 0 fully saturated rings. The van der Waals surface area contributed by atoms with Crippen molar-refractivity contribution in [2.75, 3.05) is 12.1 Å². The summed E-state index contributed by atoms with van der Waals surface area (Å²) in [6, 6.07) is 10.1. The zero-order valence-corrected chi connectivity index (χ0v) is 15.6. The van der Waals surface area contributed by atoms with Crippen LogP contribution in [0.4, 0.5) is 5.69 Å². The van der Waals surface area contributed by atoms with E-state index >= 15 is 0 Å². The first kappa shape index (κ1) is 17.7. The number of nitrogens with one attached hydrogen (secondary N) is 2. The number of benzene rings is 2. The maximum absolute atomic E-state index is 12.3. The SMILES string of the molecule is C[C@H](NS(=O)(=O)c1ccc(Br)cc1)C(=O)Nc1ccc2c(c1)OCO2. The summed E-state index contributed by atoms with van der Waals surface area (Å²) in [6.07, 6.45) is 0. The second kappa shape index (κ2) is 7.03. The van der Waals surface area contributed by atoms with E-state index in [2.05, 4.69) is 26.0 Å². The Morgan fingerprint density at radius 1 is 1.12 bits per heavy atom. The summed E-state index contributed by atoms with van der Waals surface area (Å²) >= 11 is 3.25. The van der Waals surface area contributed by atoms with E-state index in [1.54, 1.807) is 30.3 Å². The molecule has 9 heteroatoms. The van der Waals surface area contributed by atoms with E-state index in [4.69, 9.17) is 9.47 Å². The number of ether oxygens (including phenoxy) is 2. The molecule has 2 N–H and O–H groups in total. The molecule has 3 rings (SSSR count). The predicted octanol–water partition coefficient (Wildman–Crippen LogP) is 2.48.